The SMILES string of the molecule is C=CC[C@H](C)[C@@H](CCc1ccccc1)S(N)(=O)=O. The van der Waals surface area contributed by atoms with E-state index in [1.165, 1.54) is 0 Å². The zero-order valence-electron chi connectivity index (χ0n) is 10.7. The summed E-state index contributed by atoms with van der Waals surface area (Å²) in [5.41, 5.74) is 1.14. The summed E-state index contributed by atoms with van der Waals surface area (Å²) >= 11 is 0. The van der Waals surface area contributed by atoms with Crippen LogP contribution in [0.2, 0.25) is 0 Å². The van der Waals surface area contributed by atoms with E-state index in [0.717, 1.165) is 12.0 Å². The Morgan fingerprint density at radius 2 is 1.94 bits per heavy atom. The summed E-state index contributed by atoms with van der Waals surface area (Å²) in [5, 5.41) is 4.81. The van der Waals surface area contributed by atoms with Crippen LogP contribution in [0.15, 0.2) is 43.0 Å². The van der Waals surface area contributed by atoms with E-state index in [4.69, 9.17) is 5.14 Å². The number of allylic oxidation sites excluding steroid dienone is 1. The Morgan fingerprint density at radius 3 is 2.44 bits per heavy atom. The van der Waals surface area contributed by atoms with E-state index >= 15 is 0 Å². The van der Waals surface area contributed by atoms with E-state index in [0.29, 0.717) is 12.8 Å². The third kappa shape index (κ3) is 4.63. The Morgan fingerprint density at radius 1 is 1.33 bits per heavy atom. The van der Waals surface area contributed by atoms with Crippen molar-refractivity contribution in [2.75, 3.05) is 0 Å². The molecule has 1 aromatic rings. The average molecular weight is 267 g/mol. The van der Waals surface area contributed by atoms with Gasteiger partial charge in [0.1, 0.15) is 0 Å². The maximum absolute atomic E-state index is 11.6. The molecule has 1 aromatic carbocycles. The van der Waals surface area contributed by atoms with Crippen LogP contribution in [0.4, 0.5) is 0 Å². The Hall–Kier alpha value is -1.13. The van der Waals surface area contributed by atoms with E-state index in [1.54, 1.807) is 6.08 Å². The first-order valence-corrected chi connectivity index (χ1v) is 7.72. The molecule has 0 fully saturated rings. The van der Waals surface area contributed by atoms with Gasteiger partial charge in [-0.1, -0.05) is 43.3 Å². The predicted octanol–water partition coefficient (Wildman–Crippen LogP) is 2.49. The summed E-state index contributed by atoms with van der Waals surface area (Å²) in [6.45, 7) is 5.55. The van der Waals surface area contributed by atoms with Gasteiger partial charge in [-0.3, -0.25) is 0 Å². The summed E-state index contributed by atoms with van der Waals surface area (Å²) in [5.74, 6) is 0.00112. The summed E-state index contributed by atoms with van der Waals surface area (Å²) in [6, 6.07) is 9.85. The van der Waals surface area contributed by atoms with Crippen LogP contribution in [0, 0.1) is 5.92 Å². The minimum absolute atomic E-state index is 0.00112. The molecule has 2 atom stereocenters. The molecule has 0 aliphatic rings. The molecule has 0 aliphatic carbocycles. The number of rotatable bonds is 7. The van der Waals surface area contributed by atoms with Gasteiger partial charge >= 0.3 is 0 Å². The van der Waals surface area contributed by atoms with Crippen molar-refractivity contribution >= 4 is 10.0 Å². The lowest BCUT2D eigenvalue weighted by atomic mass is 9.98. The first-order chi connectivity index (χ1) is 8.45. The molecule has 3 nitrogen and oxygen atoms in total. The van der Waals surface area contributed by atoms with Gasteiger partial charge in [-0.15, -0.1) is 6.58 Å². The summed E-state index contributed by atoms with van der Waals surface area (Å²) < 4.78 is 23.2. The smallest absolute Gasteiger partial charge is 0.212 e. The van der Waals surface area contributed by atoms with Crippen molar-refractivity contribution in [1.29, 1.82) is 0 Å². The zero-order chi connectivity index (χ0) is 13.6. The zero-order valence-corrected chi connectivity index (χ0v) is 11.6. The fourth-order valence-electron chi connectivity index (χ4n) is 2.14. The van der Waals surface area contributed by atoms with Crippen LogP contribution in [0.1, 0.15) is 25.3 Å². The molecule has 0 spiro atoms. The number of primary sulfonamides is 1. The minimum Gasteiger partial charge on any atom is -0.228 e. The van der Waals surface area contributed by atoms with Gasteiger partial charge in [0.15, 0.2) is 0 Å². The van der Waals surface area contributed by atoms with Gasteiger partial charge in [-0.25, -0.2) is 13.6 Å². The van der Waals surface area contributed by atoms with E-state index < -0.39 is 15.3 Å². The van der Waals surface area contributed by atoms with Crippen LogP contribution in [0.25, 0.3) is 0 Å². The van der Waals surface area contributed by atoms with Crippen LogP contribution in [-0.2, 0) is 16.4 Å². The van der Waals surface area contributed by atoms with E-state index in [1.807, 2.05) is 37.3 Å². The molecule has 0 saturated carbocycles. The molecule has 0 radical (unpaired) electrons. The lowest BCUT2D eigenvalue weighted by molar-refractivity contribution is 0.489. The standard InChI is InChI=1S/C14H21NO2S/c1-3-7-12(2)14(18(15,16)17)11-10-13-8-5-4-6-9-13/h3-6,8-9,12,14H,1,7,10-11H2,2H3,(H2,15,16,17)/t12-,14+/m0/s1. The van der Waals surface area contributed by atoms with E-state index in [9.17, 15) is 8.42 Å². The molecule has 0 aliphatic heterocycles. The topological polar surface area (TPSA) is 60.2 Å². The Labute approximate surface area is 110 Å². The second-order valence-corrected chi connectivity index (χ2v) is 6.44. The summed E-state index contributed by atoms with van der Waals surface area (Å²) in [6.07, 6.45) is 3.68. The fraction of sp³-hybridized carbons (Fsp3) is 0.429. The first-order valence-electron chi connectivity index (χ1n) is 6.11. The predicted molar refractivity (Wildman–Crippen MR) is 75.6 cm³/mol. The lowest BCUT2D eigenvalue weighted by Gasteiger charge is -2.20. The van der Waals surface area contributed by atoms with Gasteiger partial charge < -0.3 is 0 Å². The van der Waals surface area contributed by atoms with Crippen molar-refractivity contribution < 1.29 is 8.42 Å². The Kier molecular flexibility index (Phi) is 5.56. The van der Waals surface area contributed by atoms with Gasteiger partial charge in [0.25, 0.3) is 0 Å². The number of nitrogens with two attached hydrogens (primary N) is 1. The molecule has 0 aromatic heterocycles. The van der Waals surface area contributed by atoms with Gasteiger partial charge in [0, 0.05) is 0 Å². The first kappa shape index (κ1) is 14.9. The van der Waals surface area contributed by atoms with Gasteiger partial charge in [-0.05, 0) is 30.7 Å². The third-order valence-electron chi connectivity index (χ3n) is 3.16. The lowest BCUT2D eigenvalue weighted by Crippen LogP contribution is -2.34. The minimum atomic E-state index is -3.50. The molecule has 2 N–H and O–H groups in total. The summed E-state index contributed by atoms with van der Waals surface area (Å²) in [7, 11) is -3.50. The molecular weight excluding hydrogens is 246 g/mol. The molecule has 0 unspecified atom stereocenters. The highest BCUT2D eigenvalue weighted by atomic mass is 32.2. The highest BCUT2D eigenvalue weighted by Gasteiger charge is 2.26. The third-order valence-corrected chi connectivity index (χ3v) is 4.70. The van der Waals surface area contributed by atoms with Crippen LogP contribution in [0.5, 0.6) is 0 Å². The van der Waals surface area contributed by atoms with Crippen molar-refractivity contribution in [3.8, 4) is 0 Å². The quantitative estimate of drug-likeness (QED) is 0.772. The van der Waals surface area contributed by atoms with Crippen molar-refractivity contribution in [3.05, 3.63) is 48.6 Å². The molecule has 0 amide bonds. The highest BCUT2D eigenvalue weighted by Crippen LogP contribution is 2.20. The largest absolute Gasteiger partial charge is 0.228 e. The molecule has 0 saturated heterocycles. The average Bonchev–Trinajstić information content (AvgIpc) is 2.29. The summed E-state index contributed by atoms with van der Waals surface area (Å²) in [4.78, 5) is 0. The molecule has 4 heteroatoms. The molecule has 1 rings (SSSR count). The number of aryl methyl sites for hydroxylation is 1. The van der Waals surface area contributed by atoms with Crippen molar-refractivity contribution in [1.82, 2.24) is 0 Å². The number of sulfonamides is 1. The number of hydrogen-bond acceptors (Lipinski definition) is 2. The molecule has 0 bridgehead atoms. The van der Waals surface area contributed by atoms with Gasteiger partial charge in [0.05, 0.1) is 5.25 Å². The van der Waals surface area contributed by atoms with Crippen molar-refractivity contribution in [2.24, 2.45) is 11.1 Å². The monoisotopic (exact) mass is 267 g/mol. The molecule has 100 valence electrons. The van der Waals surface area contributed by atoms with Crippen molar-refractivity contribution in [3.63, 3.8) is 0 Å². The van der Waals surface area contributed by atoms with Crippen LogP contribution >= 0.6 is 0 Å². The fourth-order valence-corrected chi connectivity index (χ4v) is 3.35. The molecular formula is C14H21NO2S. The highest BCUT2D eigenvalue weighted by molar-refractivity contribution is 7.89. The van der Waals surface area contributed by atoms with Crippen molar-refractivity contribution in [2.45, 2.75) is 31.4 Å². The Balaban J connectivity index is 2.71. The van der Waals surface area contributed by atoms with Gasteiger partial charge in [0.2, 0.25) is 10.0 Å². The number of benzene rings is 1. The maximum atomic E-state index is 11.6. The van der Waals surface area contributed by atoms with Crippen LogP contribution in [-0.4, -0.2) is 13.7 Å². The van der Waals surface area contributed by atoms with Crippen LogP contribution in [0.3, 0.4) is 0 Å². The second kappa shape index (κ2) is 6.71. The maximum Gasteiger partial charge on any atom is 0.212 e. The molecule has 0 heterocycles. The number of hydrogen-bond donors (Lipinski definition) is 1. The Bertz CT molecular complexity index is 468. The normalized spacial score (nSPS) is 15.0. The molecule has 18 heavy (non-hydrogen) atoms. The van der Waals surface area contributed by atoms with Crippen LogP contribution < -0.4 is 5.14 Å². The van der Waals surface area contributed by atoms with E-state index in [2.05, 4.69) is 6.58 Å². The van der Waals surface area contributed by atoms with Gasteiger partial charge in [-0.2, -0.15) is 0 Å². The second-order valence-electron chi connectivity index (χ2n) is 4.65. The van der Waals surface area contributed by atoms with E-state index in [-0.39, 0.29) is 5.92 Å².